The lowest BCUT2D eigenvalue weighted by atomic mass is 10.1. The molecule has 6 nitrogen and oxygen atoms in total. The number of nitrogens with zero attached hydrogens (tertiary/aromatic N) is 1. The molecule has 0 aliphatic carbocycles. The zero-order chi connectivity index (χ0) is 17.4. The van der Waals surface area contributed by atoms with Crippen molar-refractivity contribution in [1.82, 2.24) is 0 Å². The van der Waals surface area contributed by atoms with Crippen molar-refractivity contribution in [1.29, 1.82) is 0 Å². The third-order valence-corrected chi connectivity index (χ3v) is 3.36. The average Bonchev–Trinajstić information content (AvgIpc) is 2.57. The molecule has 0 N–H and O–H groups in total. The third kappa shape index (κ3) is 5.08. The fourth-order valence-electron chi connectivity index (χ4n) is 2.27. The molecule has 0 radical (unpaired) electrons. The molecule has 0 saturated heterocycles. The summed E-state index contributed by atoms with van der Waals surface area (Å²) in [5.41, 5.74) is 0.567. The van der Waals surface area contributed by atoms with Crippen LogP contribution in [0.15, 0.2) is 48.5 Å². The maximum Gasteiger partial charge on any atom is 0.305 e. The minimum atomic E-state index is -0.433. The molecular formula is C18H19NO5. The van der Waals surface area contributed by atoms with Crippen molar-refractivity contribution < 1.29 is 19.2 Å². The van der Waals surface area contributed by atoms with Gasteiger partial charge in [0, 0.05) is 12.0 Å². The van der Waals surface area contributed by atoms with Gasteiger partial charge in [-0.05, 0) is 44.0 Å². The maximum absolute atomic E-state index is 11.3. The lowest BCUT2D eigenvalue weighted by Gasteiger charge is -2.08. The number of rotatable bonds is 8. The first-order chi connectivity index (χ1) is 11.6. The van der Waals surface area contributed by atoms with Gasteiger partial charge in [0.05, 0.1) is 17.6 Å². The van der Waals surface area contributed by atoms with E-state index in [-0.39, 0.29) is 18.1 Å². The van der Waals surface area contributed by atoms with Gasteiger partial charge in [-0.3, -0.25) is 14.9 Å². The third-order valence-electron chi connectivity index (χ3n) is 3.36. The summed E-state index contributed by atoms with van der Waals surface area (Å²) >= 11 is 0. The summed E-state index contributed by atoms with van der Waals surface area (Å²) in [7, 11) is 0. The van der Waals surface area contributed by atoms with Crippen molar-refractivity contribution in [3.8, 4) is 11.5 Å². The van der Waals surface area contributed by atoms with Crippen LogP contribution >= 0.6 is 0 Å². The standard InChI is InChI=1S/C18H19NO5/c1-2-23-18(20)10-6-7-14-11-12-16(13-17(14)19(21)22)24-15-8-4-3-5-9-15/h3-5,8-9,11-13H,2,6-7,10H2,1H3. The molecule has 0 aromatic heterocycles. The van der Waals surface area contributed by atoms with E-state index in [2.05, 4.69) is 0 Å². The number of hydrogen-bond donors (Lipinski definition) is 0. The Morgan fingerprint density at radius 1 is 1.12 bits per heavy atom. The van der Waals surface area contributed by atoms with Crippen LogP contribution in [0.25, 0.3) is 0 Å². The average molecular weight is 329 g/mol. The number of nitro groups is 1. The molecule has 0 fully saturated rings. The lowest BCUT2D eigenvalue weighted by Crippen LogP contribution is -2.04. The Labute approximate surface area is 140 Å². The van der Waals surface area contributed by atoms with Crippen LogP contribution in [0.4, 0.5) is 5.69 Å². The quantitative estimate of drug-likeness (QED) is 0.410. The minimum absolute atomic E-state index is 0.00714. The van der Waals surface area contributed by atoms with Crippen LogP contribution in [-0.4, -0.2) is 17.5 Å². The highest BCUT2D eigenvalue weighted by molar-refractivity contribution is 5.69. The van der Waals surface area contributed by atoms with Gasteiger partial charge in [-0.25, -0.2) is 0 Å². The molecule has 24 heavy (non-hydrogen) atoms. The number of ether oxygens (including phenoxy) is 2. The lowest BCUT2D eigenvalue weighted by molar-refractivity contribution is -0.385. The van der Waals surface area contributed by atoms with Crippen LogP contribution in [-0.2, 0) is 16.0 Å². The van der Waals surface area contributed by atoms with Crippen LogP contribution in [0, 0.1) is 10.1 Å². The van der Waals surface area contributed by atoms with Crippen molar-refractivity contribution in [2.75, 3.05) is 6.61 Å². The zero-order valence-electron chi connectivity index (χ0n) is 13.4. The normalized spacial score (nSPS) is 10.2. The molecule has 0 spiro atoms. The van der Waals surface area contributed by atoms with Crippen molar-refractivity contribution >= 4 is 11.7 Å². The Bertz CT molecular complexity index is 700. The highest BCUT2D eigenvalue weighted by Crippen LogP contribution is 2.29. The Hall–Kier alpha value is -2.89. The number of hydrogen-bond acceptors (Lipinski definition) is 5. The van der Waals surface area contributed by atoms with Crippen LogP contribution < -0.4 is 4.74 Å². The molecule has 126 valence electrons. The molecule has 0 aliphatic rings. The van der Waals surface area contributed by atoms with E-state index in [4.69, 9.17) is 9.47 Å². The van der Waals surface area contributed by atoms with Crippen molar-refractivity contribution in [2.45, 2.75) is 26.2 Å². The van der Waals surface area contributed by atoms with Gasteiger partial charge in [-0.15, -0.1) is 0 Å². The van der Waals surface area contributed by atoms with Gasteiger partial charge in [-0.2, -0.15) is 0 Å². The largest absolute Gasteiger partial charge is 0.466 e. The van der Waals surface area contributed by atoms with E-state index in [0.717, 1.165) is 0 Å². The topological polar surface area (TPSA) is 78.7 Å². The van der Waals surface area contributed by atoms with Crippen molar-refractivity contribution in [2.24, 2.45) is 0 Å². The van der Waals surface area contributed by atoms with E-state index in [1.165, 1.54) is 6.07 Å². The van der Waals surface area contributed by atoms with Crippen molar-refractivity contribution in [3.05, 3.63) is 64.2 Å². The van der Waals surface area contributed by atoms with Crippen LogP contribution in [0.2, 0.25) is 0 Å². The van der Waals surface area contributed by atoms with E-state index in [0.29, 0.717) is 36.5 Å². The molecule has 0 atom stereocenters. The predicted octanol–water partition coefficient (Wildman–Crippen LogP) is 4.27. The first kappa shape index (κ1) is 17.5. The van der Waals surface area contributed by atoms with Gasteiger partial charge in [-0.1, -0.05) is 18.2 Å². The predicted molar refractivity (Wildman–Crippen MR) is 89.2 cm³/mol. The van der Waals surface area contributed by atoms with Crippen LogP contribution in [0.1, 0.15) is 25.3 Å². The number of aryl methyl sites for hydroxylation is 1. The Morgan fingerprint density at radius 3 is 2.54 bits per heavy atom. The maximum atomic E-state index is 11.3. The Morgan fingerprint density at radius 2 is 1.88 bits per heavy atom. The number of carbonyl (C=O) groups excluding carboxylic acids is 1. The summed E-state index contributed by atoms with van der Waals surface area (Å²) in [5, 5.41) is 11.3. The summed E-state index contributed by atoms with van der Waals surface area (Å²) in [6.45, 7) is 2.08. The van der Waals surface area contributed by atoms with Crippen LogP contribution in [0.3, 0.4) is 0 Å². The monoisotopic (exact) mass is 329 g/mol. The molecule has 0 bridgehead atoms. The fraction of sp³-hybridized carbons (Fsp3) is 0.278. The molecule has 2 aromatic carbocycles. The van der Waals surface area contributed by atoms with Gasteiger partial charge in [0.15, 0.2) is 0 Å². The van der Waals surface area contributed by atoms with E-state index in [1.54, 1.807) is 31.2 Å². The summed E-state index contributed by atoms with van der Waals surface area (Å²) < 4.78 is 10.5. The summed E-state index contributed by atoms with van der Waals surface area (Å²) in [6.07, 6.45) is 1.17. The molecule has 0 aliphatic heterocycles. The second-order valence-corrected chi connectivity index (χ2v) is 5.12. The van der Waals surface area contributed by atoms with Gasteiger partial charge in [0.1, 0.15) is 11.5 Å². The van der Waals surface area contributed by atoms with Gasteiger partial charge < -0.3 is 9.47 Å². The molecular weight excluding hydrogens is 310 g/mol. The molecule has 2 rings (SSSR count). The SMILES string of the molecule is CCOC(=O)CCCc1ccc(Oc2ccccc2)cc1[N+](=O)[O-]. The number of para-hydroxylation sites is 1. The van der Waals surface area contributed by atoms with Gasteiger partial charge >= 0.3 is 5.97 Å². The number of carbonyl (C=O) groups is 1. The number of esters is 1. The van der Waals surface area contributed by atoms with E-state index >= 15 is 0 Å². The molecule has 0 unspecified atom stereocenters. The smallest absolute Gasteiger partial charge is 0.305 e. The fourth-order valence-corrected chi connectivity index (χ4v) is 2.27. The highest BCUT2D eigenvalue weighted by atomic mass is 16.6. The first-order valence-corrected chi connectivity index (χ1v) is 7.76. The van der Waals surface area contributed by atoms with E-state index in [9.17, 15) is 14.9 Å². The van der Waals surface area contributed by atoms with Crippen LogP contribution in [0.5, 0.6) is 11.5 Å². The van der Waals surface area contributed by atoms with E-state index in [1.807, 2.05) is 18.2 Å². The molecule has 6 heteroatoms. The first-order valence-electron chi connectivity index (χ1n) is 7.76. The Kier molecular flexibility index (Phi) is 6.31. The summed E-state index contributed by atoms with van der Waals surface area (Å²) in [4.78, 5) is 22.2. The molecule has 0 heterocycles. The summed E-state index contributed by atoms with van der Waals surface area (Å²) in [5.74, 6) is 0.730. The molecule has 2 aromatic rings. The van der Waals surface area contributed by atoms with Crippen molar-refractivity contribution in [3.63, 3.8) is 0 Å². The van der Waals surface area contributed by atoms with Gasteiger partial charge in [0.25, 0.3) is 5.69 Å². The zero-order valence-corrected chi connectivity index (χ0v) is 13.4. The Balaban J connectivity index is 2.06. The highest BCUT2D eigenvalue weighted by Gasteiger charge is 2.16. The van der Waals surface area contributed by atoms with Gasteiger partial charge in [0.2, 0.25) is 0 Å². The number of nitro benzene ring substituents is 1. The second-order valence-electron chi connectivity index (χ2n) is 5.12. The van der Waals surface area contributed by atoms with E-state index < -0.39 is 4.92 Å². The molecule has 0 saturated carbocycles. The second kappa shape index (κ2) is 8.67. The summed E-state index contributed by atoms with van der Waals surface area (Å²) in [6, 6.07) is 13.8. The minimum Gasteiger partial charge on any atom is -0.466 e. The molecule has 0 amide bonds. The number of benzene rings is 2.